The monoisotopic (exact) mass is 597 g/mol. The van der Waals surface area contributed by atoms with Crippen molar-refractivity contribution in [2.24, 2.45) is 4.99 Å². The number of fused-ring (bicyclic) bond motifs is 1. The molecule has 0 saturated heterocycles. The highest BCUT2D eigenvalue weighted by molar-refractivity contribution is 9.10. The van der Waals surface area contributed by atoms with Crippen LogP contribution in [0.2, 0.25) is 0 Å². The van der Waals surface area contributed by atoms with Crippen LogP contribution >= 0.6 is 27.3 Å². The van der Waals surface area contributed by atoms with E-state index >= 15 is 0 Å². The number of esters is 1. The minimum atomic E-state index is -0.827. The number of hydrogen-bond donors (Lipinski definition) is 0. The Hall–Kier alpha value is -3.88. The van der Waals surface area contributed by atoms with Crippen LogP contribution in [-0.4, -0.2) is 38.0 Å². The van der Waals surface area contributed by atoms with E-state index in [1.165, 1.54) is 30.1 Å². The lowest BCUT2D eigenvalue weighted by Gasteiger charge is -2.26. The summed E-state index contributed by atoms with van der Waals surface area (Å²) in [5.41, 5.74) is 1.72. The standard InChI is InChI=1S/C27H24BrN3O6S/c1-5-36-26(33)23-15(2)30-27-31(24(23)18-13-20(34-3)21(35-4)14-19(18)28)25(32)22(38-27)12-16-7-6-8-17(11-16)37-10-9-29/h6-8,11-14,24H,5,10H2,1-4H3/b22-12-/t24-/m0/s1. The third-order valence-electron chi connectivity index (χ3n) is 5.77. The summed E-state index contributed by atoms with van der Waals surface area (Å²) in [4.78, 5) is 32.0. The molecule has 0 amide bonds. The lowest BCUT2D eigenvalue weighted by atomic mass is 9.95. The normalized spacial score (nSPS) is 14.8. The van der Waals surface area contributed by atoms with E-state index in [1.54, 1.807) is 50.3 Å². The number of halogens is 1. The Morgan fingerprint density at radius 2 is 1.97 bits per heavy atom. The Bertz CT molecular complexity index is 1650. The number of benzene rings is 2. The zero-order valence-electron chi connectivity index (χ0n) is 21.1. The lowest BCUT2D eigenvalue weighted by Crippen LogP contribution is -2.40. The molecule has 11 heteroatoms. The number of carbonyl (C=O) groups excluding carboxylic acids is 1. The van der Waals surface area contributed by atoms with Crippen molar-refractivity contribution in [3.63, 3.8) is 0 Å². The van der Waals surface area contributed by atoms with E-state index in [2.05, 4.69) is 20.9 Å². The van der Waals surface area contributed by atoms with Gasteiger partial charge in [0.15, 0.2) is 22.9 Å². The SMILES string of the molecule is CCOC(=O)C1=C(C)N=c2s/c(=C\c3cccc(OCC#N)c3)c(=O)n2[C@H]1c1cc(OC)c(OC)cc1Br. The molecule has 0 spiro atoms. The predicted molar refractivity (Wildman–Crippen MR) is 145 cm³/mol. The van der Waals surface area contributed by atoms with Crippen LogP contribution in [0.4, 0.5) is 0 Å². The molecule has 0 fully saturated rings. The van der Waals surface area contributed by atoms with Crippen molar-refractivity contribution < 1.29 is 23.7 Å². The first-order chi connectivity index (χ1) is 18.3. The van der Waals surface area contributed by atoms with Gasteiger partial charge >= 0.3 is 5.97 Å². The van der Waals surface area contributed by atoms with E-state index in [0.29, 0.717) is 42.3 Å². The van der Waals surface area contributed by atoms with Gasteiger partial charge in [-0.15, -0.1) is 0 Å². The minimum absolute atomic E-state index is 0.0816. The summed E-state index contributed by atoms with van der Waals surface area (Å²) in [6.07, 6.45) is 1.73. The van der Waals surface area contributed by atoms with Crippen LogP contribution in [0.5, 0.6) is 17.2 Å². The zero-order chi connectivity index (χ0) is 27.4. The maximum Gasteiger partial charge on any atom is 0.338 e. The van der Waals surface area contributed by atoms with Gasteiger partial charge in [0.25, 0.3) is 5.56 Å². The quantitative estimate of drug-likeness (QED) is 0.365. The summed E-state index contributed by atoms with van der Waals surface area (Å²) >= 11 is 4.80. The van der Waals surface area contributed by atoms with Crippen molar-refractivity contribution in [1.29, 1.82) is 5.26 Å². The molecule has 9 nitrogen and oxygen atoms in total. The molecule has 0 saturated carbocycles. The van der Waals surface area contributed by atoms with Gasteiger partial charge in [0.1, 0.15) is 11.8 Å². The van der Waals surface area contributed by atoms with E-state index in [1.807, 2.05) is 12.1 Å². The lowest BCUT2D eigenvalue weighted by molar-refractivity contribution is -0.139. The molecule has 0 bridgehead atoms. The average molecular weight is 598 g/mol. The third-order valence-corrected chi connectivity index (χ3v) is 7.44. The summed E-state index contributed by atoms with van der Waals surface area (Å²) in [5, 5.41) is 8.79. The molecule has 2 aromatic carbocycles. The van der Waals surface area contributed by atoms with Crippen molar-refractivity contribution in [3.8, 4) is 23.3 Å². The Morgan fingerprint density at radius 3 is 2.66 bits per heavy atom. The fourth-order valence-electron chi connectivity index (χ4n) is 4.13. The smallest absolute Gasteiger partial charge is 0.338 e. The van der Waals surface area contributed by atoms with Crippen LogP contribution in [0.3, 0.4) is 0 Å². The van der Waals surface area contributed by atoms with Gasteiger partial charge in [-0.2, -0.15) is 5.26 Å². The van der Waals surface area contributed by atoms with Crippen LogP contribution in [0, 0.1) is 11.3 Å². The number of methoxy groups -OCH3 is 2. The first-order valence-electron chi connectivity index (χ1n) is 11.5. The van der Waals surface area contributed by atoms with Gasteiger partial charge in [0.05, 0.1) is 42.7 Å². The molecule has 196 valence electrons. The number of nitrogens with zero attached hydrogens (tertiary/aromatic N) is 3. The highest BCUT2D eigenvalue weighted by atomic mass is 79.9. The number of rotatable bonds is 8. The van der Waals surface area contributed by atoms with E-state index < -0.39 is 12.0 Å². The van der Waals surface area contributed by atoms with Gasteiger partial charge < -0.3 is 18.9 Å². The van der Waals surface area contributed by atoms with Crippen molar-refractivity contribution in [2.75, 3.05) is 27.4 Å². The van der Waals surface area contributed by atoms with Gasteiger partial charge in [0, 0.05) is 4.47 Å². The molecule has 4 rings (SSSR count). The number of thiazole rings is 1. The number of hydrogen-bond acceptors (Lipinski definition) is 9. The maximum absolute atomic E-state index is 13.8. The molecule has 1 aromatic heterocycles. The number of aromatic nitrogens is 1. The topological polar surface area (TPSA) is 112 Å². The number of ether oxygens (including phenoxy) is 4. The summed E-state index contributed by atoms with van der Waals surface area (Å²) in [6.45, 7) is 3.53. The molecule has 0 aliphatic carbocycles. The molecular weight excluding hydrogens is 574 g/mol. The van der Waals surface area contributed by atoms with Gasteiger partial charge in [-0.1, -0.05) is 39.4 Å². The maximum atomic E-state index is 13.8. The molecule has 1 aliphatic rings. The van der Waals surface area contributed by atoms with Crippen molar-refractivity contribution >= 4 is 39.3 Å². The minimum Gasteiger partial charge on any atom is -0.493 e. The van der Waals surface area contributed by atoms with Crippen LogP contribution in [0.25, 0.3) is 6.08 Å². The fraction of sp³-hybridized carbons (Fsp3) is 0.259. The average Bonchev–Trinajstić information content (AvgIpc) is 3.20. The second-order valence-corrected chi connectivity index (χ2v) is 9.91. The molecule has 38 heavy (non-hydrogen) atoms. The van der Waals surface area contributed by atoms with Gasteiger partial charge in [-0.05, 0) is 55.3 Å². The summed E-state index contributed by atoms with van der Waals surface area (Å²) in [6, 6.07) is 11.7. The van der Waals surface area contributed by atoms with Crippen molar-refractivity contribution in [3.05, 3.63) is 83.0 Å². The van der Waals surface area contributed by atoms with Gasteiger partial charge in [0.2, 0.25) is 0 Å². The summed E-state index contributed by atoms with van der Waals surface area (Å²) < 4.78 is 24.2. The van der Waals surface area contributed by atoms with Crippen molar-refractivity contribution in [1.82, 2.24) is 4.57 Å². The first kappa shape index (κ1) is 27.2. The Morgan fingerprint density at radius 1 is 1.24 bits per heavy atom. The van der Waals surface area contributed by atoms with Crippen LogP contribution in [-0.2, 0) is 9.53 Å². The van der Waals surface area contributed by atoms with Crippen LogP contribution < -0.4 is 29.1 Å². The molecular formula is C27H24BrN3O6S. The van der Waals surface area contributed by atoms with Gasteiger partial charge in [-0.25, -0.2) is 9.79 Å². The zero-order valence-corrected chi connectivity index (χ0v) is 23.5. The molecule has 1 atom stereocenters. The second kappa shape index (κ2) is 11.7. The summed E-state index contributed by atoms with van der Waals surface area (Å²) in [5.74, 6) is 0.894. The molecule has 1 aliphatic heterocycles. The molecule has 0 radical (unpaired) electrons. The summed E-state index contributed by atoms with van der Waals surface area (Å²) in [7, 11) is 3.05. The van der Waals surface area contributed by atoms with Crippen LogP contribution in [0.15, 0.2) is 61.9 Å². The van der Waals surface area contributed by atoms with Crippen molar-refractivity contribution in [2.45, 2.75) is 19.9 Å². The molecule has 0 unspecified atom stereocenters. The van der Waals surface area contributed by atoms with Crippen LogP contribution in [0.1, 0.15) is 31.0 Å². The fourth-order valence-corrected chi connectivity index (χ4v) is 5.71. The Kier molecular flexibility index (Phi) is 8.34. The van der Waals surface area contributed by atoms with Gasteiger partial charge in [-0.3, -0.25) is 9.36 Å². The molecule has 0 N–H and O–H groups in total. The largest absolute Gasteiger partial charge is 0.493 e. The first-order valence-corrected chi connectivity index (χ1v) is 13.1. The highest BCUT2D eigenvalue weighted by Crippen LogP contribution is 2.40. The van der Waals surface area contributed by atoms with E-state index in [9.17, 15) is 9.59 Å². The number of carbonyl (C=O) groups is 1. The highest BCUT2D eigenvalue weighted by Gasteiger charge is 2.35. The number of nitriles is 1. The van der Waals surface area contributed by atoms with E-state index in [0.717, 1.165) is 5.56 Å². The Balaban J connectivity index is 1.95. The molecule has 2 heterocycles. The predicted octanol–water partition coefficient (Wildman–Crippen LogP) is 3.48. The van der Waals surface area contributed by atoms with E-state index in [4.69, 9.17) is 24.2 Å². The third kappa shape index (κ3) is 5.23. The second-order valence-electron chi connectivity index (χ2n) is 8.05. The Labute approximate surface area is 231 Å². The molecule has 3 aromatic rings. The number of allylic oxidation sites excluding steroid dienone is 1. The van der Waals surface area contributed by atoms with E-state index in [-0.39, 0.29) is 24.3 Å².